The van der Waals surface area contributed by atoms with Crippen LogP contribution in [0.5, 0.6) is 5.75 Å². The van der Waals surface area contributed by atoms with E-state index in [9.17, 15) is 0 Å². The van der Waals surface area contributed by atoms with Gasteiger partial charge in [0.2, 0.25) is 0 Å². The third-order valence-corrected chi connectivity index (χ3v) is 4.35. The van der Waals surface area contributed by atoms with Crippen LogP contribution in [0.1, 0.15) is 23.1 Å². The molecule has 0 bridgehead atoms. The largest absolute Gasteiger partial charge is 0.497 e. The van der Waals surface area contributed by atoms with Crippen molar-refractivity contribution in [1.82, 2.24) is 5.32 Å². The Morgan fingerprint density at radius 2 is 1.81 bits per heavy atom. The number of rotatable bonds is 5. The first-order chi connectivity index (χ1) is 10.3. The first-order valence-corrected chi connectivity index (χ1v) is 7.78. The molecule has 1 atom stereocenters. The summed E-state index contributed by atoms with van der Waals surface area (Å²) in [5.41, 5.74) is 4.41. The van der Waals surface area contributed by atoms with Gasteiger partial charge in [0.05, 0.1) is 7.11 Å². The molecule has 0 aliphatic heterocycles. The van der Waals surface area contributed by atoms with Gasteiger partial charge in [0.15, 0.2) is 0 Å². The molecular weight excluding hydrogens is 258 g/mol. The van der Waals surface area contributed by atoms with E-state index in [-0.39, 0.29) is 0 Å². The van der Waals surface area contributed by atoms with Crippen LogP contribution in [-0.2, 0) is 19.3 Å². The van der Waals surface area contributed by atoms with Crippen molar-refractivity contribution in [2.24, 2.45) is 0 Å². The molecule has 0 unspecified atom stereocenters. The van der Waals surface area contributed by atoms with Crippen LogP contribution in [0.4, 0.5) is 0 Å². The fourth-order valence-corrected chi connectivity index (χ4v) is 3.08. The molecule has 0 spiro atoms. The number of nitrogens with one attached hydrogen (secondary N) is 1. The lowest BCUT2D eigenvalue weighted by molar-refractivity contribution is 0.414. The molecule has 0 fully saturated rings. The van der Waals surface area contributed by atoms with E-state index in [2.05, 4.69) is 41.7 Å². The second kappa shape index (κ2) is 6.77. The number of aryl methyl sites for hydroxylation is 1. The zero-order chi connectivity index (χ0) is 14.5. The summed E-state index contributed by atoms with van der Waals surface area (Å²) in [5, 5.41) is 3.71. The highest BCUT2D eigenvalue weighted by molar-refractivity contribution is 5.30. The standard InChI is InChI=1S/C19H23NO/c1-21-19-10-6-15(7-11-19)12-13-20-18-9-8-16-4-2-3-5-17(16)14-18/h2-7,10-11,18,20H,8-9,12-14H2,1H3/t18-/m1/s1. The Hall–Kier alpha value is -1.80. The summed E-state index contributed by atoms with van der Waals surface area (Å²) in [4.78, 5) is 0. The molecule has 2 heteroatoms. The normalized spacial score (nSPS) is 17.3. The Labute approximate surface area is 127 Å². The first kappa shape index (κ1) is 14.2. The molecule has 0 saturated heterocycles. The molecule has 2 aromatic carbocycles. The quantitative estimate of drug-likeness (QED) is 0.907. The molecule has 0 radical (unpaired) electrons. The molecule has 21 heavy (non-hydrogen) atoms. The zero-order valence-corrected chi connectivity index (χ0v) is 12.6. The summed E-state index contributed by atoms with van der Waals surface area (Å²) in [5.74, 6) is 0.926. The van der Waals surface area contributed by atoms with Gasteiger partial charge in [0.25, 0.3) is 0 Å². The van der Waals surface area contributed by atoms with Crippen LogP contribution in [0.15, 0.2) is 48.5 Å². The fourth-order valence-electron chi connectivity index (χ4n) is 3.08. The van der Waals surface area contributed by atoms with Crippen molar-refractivity contribution in [3.8, 4) is 5.75 Å². The Morgan fingerprint density at radius 3 is 2.57 bits per heavy atom. The third-order valence-electron chi connectivity index (χ3n) is 4.35. The summed E-state index contributed by atoms with van der Waals surface area (Å²) in [6.45, 7) is 1.04. The molecule has 0 aromatic heterocycles. The average Bonchev–Trinajstić information content (AvgIpc) is 2.55. The molecule has 2 aromatic rings. The van der Waals surface area contributed by atoms with E-state index in [1.54, 1.807) is 7.11 Å². The number of methoxy groups -OCH3 is 1. The molecule has 0 heterocycles. The van der Waals surface area contributed by atoms with Crippen molar-refractivity contribution >= 4 is 0 Å². The number of ether oxygens (including phenoxy) is 1. The van der Waals surface area contributed by atoms with Crippen LogP contribution >= 0.6 is 0 Å². The van der Waals surface area contributed by atoms with Crippen LogP contribution in [0, 0.1) is 0 Å². The molecule has 0 amide bonds. The monoisotopic (exact) mass is 281 g/mol. The van der Waals surface area contributed by atoms with Gasteiger partial charge in [-0.2, -0.15) is 0 Å². The van der Waals surface area contributed by atoms with Gasteiger partial charge in [-0.05, 0) is 61.1 Å². The Morgan fingerprint density at radius 1 is 1.05 bits per heavy atom. The van der Waals surface area contributed by atoms with Crippen molar-refractivity contribution in [3.63, 3.8) is 0 Å². The van der Waals surface area contributed by atoms with Gasteiger partial charge >= 0.3 is 0 Å². The highest BCUT2D eigenvalue weighted by atomic mass is 16.5. The number of fused-ring (bicyclic) bond motifs is 1. The SMILES string of the molecule is COc1ccc(CCN[C@@H]2CCc3ccccc3C2)cc1. The topological polar surface area (TPSA) is 21.3 Å². The molecular formula is C19H23NO. The fraction of sp³-hybridized carbons (Fsp3) is 0.368. The van der Waals surface area contributed by atoms with E-state index in [0.29, 0.717) is 6.04 Å². The molecule has 1 aliphatic carbocycles. The van der Waals surface area contributed by atoms with Crippen molar-refractivity contribution in [2.45, 2.75) is 31.7 Å². The van der Waals surface area contributed by atoms with Crippen molar-refractivity contribution in [1.29, 1.82) is 0 Å². The maximum Gasteiger partial charge on any atom is 0.118 e. The molecule has 3 rings (SSSR count). The maximum absolute atomic E-state index is 5.19. The zero-order valence-electron chi connectivity index (χ0n) is 12.6. The van der Waals surface area contributed by atoms with Crippen LogP contribution in [-0.4, -0.2) is 19.7 Å². The van der Waals surface area contributed by atoms with E-state index in [1.807, 2.05) is 12.1 Å². The molecule has 0 saturated carbocycles. The van der Waals surface area contributed by atoms with E-state index in [1.165, 1.54) is 36.0 Å². The Balaban J connectivity index is 1.48. The van der Waals surface area contributed by atoms with E-state index < -0.39 is 0 Å². The minimum absolute atomic E-state index is 0.623. The van der Waals surface area contributed by atoms with Gasteiger partial charge in [0, 0.05) is 6.04 Å². The molecule has 1 N–H and O–H groups in total. The Kier molecular flexibility index (Phi) is 4.56. The summed E-state index contributed by atoms with van der Waals surface area (Å²) in [6.07, 6.45) is 4.69. The molecule has 110 valence electrons. The van der Waals surface area contributed by atoms with Gasteiger partial charge in [0.1, 0.15) is 5.75 Å². The second-order valence-corrected chi connectivity index (χ2v) is 5.76. The third kappa shape index (κ3) is 3.64. The van der Waals surface area contributed by atoms with E-state index in [4.69, 9.17) is 4.74 Å². The van der Waals surface area contributed by atoms with Crippen LogP contribution in [0.25, 0.3) is 0 Å². The molecule has 1 aliphatic rings. The lowest BCUT2D eigenvalue weighted by atomic mass is 9.88. The first-order valence-electron chi connectivity index (χ1n) is 7.78. The van der Waals surface area contributed by atoms with E-state index >= 15 is 0 Å². The Bertz CT molecular complexity index is 576. The highest BCUT2D eigenvalue weighted by Gasteiger charge is 2.17. The maximum atomic E-state index is 5.19. The predicted molar refractivity (Wildman–Crippen MR) is 87.0 cm³/mol. The summed E-state index contributed by atoms with van der Waals surface area (Å²) in [6, 6.07) is 17.8. The van der Waals surface area contributed by atoms with Crippen LogP contribution < -0.4 is 10.1 Å². The van der Waals surface area contributed by atoms with Crippen molar-refractivity contribution in [3.05, 3.63) is 65.2 Å². The summed E-state index contributed by atoms with van der Waals surface area (Å²) >= 11 is 0. The van der Waals surface area contributed by atoms with Gasteiger partial charge in [-0.3, -0.25) is 0 Å². The lowest BCUT2D eigenvalue weighted by Crippen LogP contribution is -2.35. The summed E-state index contributed by atoms with van der Waals surface area (Å²) < 4.78 is 5.19. The smallest absolute Gasteiger partial charge is 0.118 e. The van der Waals surface area contributed by atoms with Crippen LogP contribution in [0.3, 0.4) is 0 Å². The van der Waals surface area contributed by atoms with Crippen molar-refractivity contribution in [2.75, 3.05) is 13.7 Å². The number of hydrogen-bond acceptors (Lipinski definition) is 2. The second-order valence-electron chi connectivity index (χ2n) is 5.76. The van der Waals surface area contributed by atoms with Crippen LogP contribution in [0.2, 0.25) is 0 Å². The minimum atomic E-state index is 0.623. The van der Waals surface area contributed by atoms with Gasteiger partial charge in [-0.15, -0.1) is 0 Å². The van der Waals surface area contributed by atoms with Gasteiger partial charge < -0.3 is 10.1 Å². The van der Waals surface area contributed by atoms with Gasteiger partial charge in [-0.25, -0.2) is 0 Å². The van der Waals surface area contributed by atoms with Crippen molar-refractivity contribution < 1.29 is 4.74 Å². The lowest BCUT2D eigenvalue weighted by Gasteiger charge is -2.25. The molecule has 2 nitrogen and oxygen atoms in total. The van der Waals surface area contributed by atoms with E-state index in [0.717, 1.165) is 18.7 Å². The predicted octanol–water partition coefficient (Wildman–Crippen LogP) is 3.38. The highest BCUT2D eigenvalue weighted by Crippen LogP contribution is 2.21. The summed E-state index contributed by atoms with van der Waals surface area (Å²) in [7, 11) is 1.71. The van der Waals surface area contributed by atoms with Gasteiger partial charge in [-0.1, -0.05) is 36.4 Å². The number of hydrogen-bond donors (Lipinski definition) is 1. The average molecular weight is 281 g/mol. The minimum Gasteiger partial charge on any atom is -0.497 e. The number of benzene rings is 2.